The van der Waals surface area contributed by atoms with Crippen LogP contribution in [0.25, 0.3) is 11.0 Å². The first-order valence-electron chi connectivity index (χ1n) is 9.66. The van der Waals surface area contributed by atoms with Crippen LogP contribution in [0.2, 0.25) is 0 Å². The Morgan fingerprint density at radius 2 is 1.59 bits per heavy atom. The topological polar surface area (TPSA) is 92.0 Å². The summed E-state index contributed by atoms with van der Waals surface area (Å²) in [6, 6.07) is 17.7. The molecule has 0 saturated heterocycles. The lowest BCUT2D eigenvalue weighted by Crippen LogP contribution is -2.10. The summed E-state index contributed by atoms with van der Waals surface area (Å²) in [6.07, 6.45) is 1.19. The Morgan fingerprint density at radius 1 is 0.875 bits per heavy atom. The van der Waals surface area contributed by atoms with E-state index in [1.54, 1.807) is 24.3 Å². The smallest absolute Gasteiger partial charge is 0.343 e. The van der Waals surface area contributed by atoms with E-state index in [2.05, 4.69) is 4.74 Å². The molecule has 32 heavy (non-hydrogen) atoms. The second-order valence-electron chi connectivity index (χ2n) is 6.91. The fraction of sp³-hybridized carbons (Fsp3) is 0.0800. The summed E-state index contributed by atoms with van der Waals surface area (Å²) in [7, 11) is 1.29. The first kappa shape index (κ1) is 20.9. The van der Waals surface area contributed by atoms with Gasteiger partial charge in [-0.2, -0.15) is 0 Å². The number of ether oxygens (including phenoxy) is 3. The molecule has 0 spiro atoms. The zero-order valence-corrected chi connectivity index (χ0v) is 17.3. The van der Waals surface area contributed by atoms with Crippen LogP contribution in [-0.2, 0) is 4.74 Å². The van der Waals surface area contributed by atoms with Crippen LogP contribution in [0.15, 0.2) is 82.2 Å². The molecule has 0 aliphatic heterocycles. The number of aryl methyl sites for hydroxylation is 1. The molecule has 3 aromatic carbocycles. The van der Waals surface area contributed by atoms with Crippen molar-refractivity contribution in [3.05, 3.63) is 99.9 Å². The first-order chi connectivity index (χ1) is 15.5. The highest BCUT2D eigenvalue weighted by Gasteiger charge is 2.14. The summed E-state index contributed by atoms with van der Waals surface area (Å²) in [5.41, 5.74) is 1.47. The molecule has 1 aromatic heterocycles. The SMILES string of the molecule is COC(=O)c1ccc(Oc2coc3cc(OC(=O)c4ccccc4C)ccc3c2=O)cc1. The molecule has 0 unspecified atom stereocenters. The van der Waals surface area contributed by atoms with Crippen molar-refractivity contribution in [2.75, 3.05) is 7.11 Å². The minimum atomic E-state index is -0.500. The van der Waals surface area contributed by atoms with Crippen LogP contribution in [0.3, 0.4) is 0 Å². The maximum atomic E-state index is 12.8. The van der Waals surface area contributed by atoms with Crippen molar-refractivity contribution in [2.45, 2.75) is 6.92 Å². The van der Waals surface area contributed by atoms with Crippen LogP contribution < -0.4 is 14.9 Å². The molecular weight excluding hydrogens is 412 g/mol. The molecule has 0 aliphatic rings. The van der Waals surface area contributed by atoms with Crippen molar-refractivity contribution in [3.63, 3.8) is 0 Å². The van der Waals surface area contributed by atoms with Gasteiger partial charge in [0.15, 0.2) is 0 Å². The second-order valence-corrected chi connectivity index (χ2v) is 6.91. The van der Waals surface area contributed by atoms with Crippen molar-refractivity contribution in [2.24, 2.45) is 0 Å². The monoisotopic (exact) mass is 430 g/mol. The van der Waals surface area contributed by atoms with Gasteiger partial charge in [-0.1, -0.05) is 18.2 Å². The van der Waals surface area contributed by atoms with Crippen LogP contribution in [0.1, 0.15) is 26.3 Å². The Hall–Kier alpha value is -4.39. The van der Waals surface area contributed by atoms with Crippen LogP contribution in [0.5, 0.6) is 17.2 Å². The van der Waals surface area contributed by atoms with Crippen molar-refractivity contribution >= 4 is 22.9 Å². The Labute approximate surface area is 182 Å². The van der Waals surface area contributed by atoms with Gasteiger partial charge in [-0.15, -0.1) is 0 Å². The van der Waals surface area contributed by atoms with Crippen LogP contribution in [0, 0.1) is 6.92 Å². The fourth-order valence-electron chi connectivity index (χ4n) is 3.09. The van der Waals surface area contributed by atoms with Crippen LogP contribution in [0.4, 0.5) is 0 Å². The van der Waals surface area contributed by atoms with Crippen molar-refractivity contribution < 1.29 is 28.2 Å². The highest BCUT2D eigenvalue weighted by atomic mass is 16.5. The summed E-state index contributed by atoms with van der Waals surface area (Å²) < 4.78 is 21.2. The van der Waals surface area contributed by atoms with Gasteiger partial charge in [-0.25, -0.2) is 9.59 Å². The van der Waals surface area contributed by atoms with E-state index in [1.165, 1.54) is 43.7 Å². The summed E-state index contributed by atoms with van der Waals surface area (Å²) in [5, 5.41) is 0.268. The Bertz CT molecular complexity index is 1370. The van der Waals surface area contributed by atoms with Gasteiger partial charge in [-0.05, 0) is 55.0 Å². The van der Waals surface area contributed by atoms with Gasteiger partial charge >= 0.3 is 11.9 Å². The predicted octanol–water partition coefficient (Wildman–Crippen LogP) is 4.90. The lowest BCUT2D eigenvalue weighted by molar-refractivity contribution is 0.0600. The second kappa shape index (κ2) is 8.77. The van der Waals surface area contributed by atoms with Gasteiger partial charge in [0.2, 0.25) is 11.2 Å². The van der Waals surface area contributed by atoms with Gasteiger partial charge in [-0.3, -0.25) is 4.79 Å². The molecule has 0 atom stereocenters. The largest absolute Gasteiger partial charge is 0.465 e. The van der Waals surface area contributed by atoms with E-state index >= 15 is 0 Å². The van der Waals surface area contributed by atoms with Gasteiger partial charge in [0.05, 0.1) is 23.6 Å². The van der Waals surface area contributed by atoms with Crippen LogP contribution >= 0.6 is 0 Å². The molecule has 1 heterocycles. The number of hydrogen-bond acceptors (Lipinski definition) is 7. The number of methoxy groups -OCH3 is 1. The normalized spacial score (nSPS) is 10.6. The van der Waals surface area contributed by atoms with E-state index in [-0.39, 0.29) is 27.9 Å². The van der Waals surface area contributed by atoms with Gasteiger partial charge < -0.3 is 18.6 Å². The number of benzene rings is 3. The molecule has 4 aromatic rings. The fourth-order valence-corrected chi connectivity index (χ4v) is 3.09. The molecular formula is C25H18O7. The molecule has 0 fully saturated rings. The average molecular weight is 430 g/mol. The number of fused-ring (bicyclic) bond motifs is 1. The van der Waals surface area contributed by atoms with Gasteiger partial charge in [0.25, 0.3) is 0 Å². The highest BCUT2D eigenvalue weighted by Crippen LogP contribution is 2.25. The highest BCUT2D eigenvalue weighted by molar-refractivity contribution is 5.93. The molecule has 0 saturated carbocycles. The van der Waals surface area contributed by atoms with E-state index < -0.39 is 11.9 Å². The Kier molecular flexibility index (Phi) is 5.72. The van der Waals surface area contributed by atoms with Gasteiger partial charge in [0.1, 0.15) is 23.3 Å². The number of hydrogen-bond donors (Lipinski definition) is 0. The van der Waals surface area contributed by atoms with Crippen molar-refractivity contribution in [1.29, 1.82) is 0 Å². The summed E-state index contributed by atoms with van der Waals surface area (Å²) >= 11 is 0. The lowest BCUT2D eigenvalue weighted by atomic mass is 10.1. The number of esters is 2. The molecule has 0 N–H and O–H groups in total. The quantitative estimate of drug-likeness (QED) is 0.328. The third-order valence-electron chi connectivity index (χ3n) is 4.79. The number of rotatable bonds is 5. The van der Waals surface area contributed by atoms with E-state index in [1.807, 2.05) is 19.1 Å². The minimum absolute atomic E-state index is 0.0204. The van der Waals surface area contributed by atoms with E-state index in [4.69, 9.17) is 13.9 Å². The Balaban J connectivity index is 1.56. The van der Waals surface area contributed by atoms with Crippen molar-refractivity contribution in [1.82, 2.24) is 0 Å². The summed E-state index contributed by atoms with van der Waals surface area (Å²) in [5.74, 6) is -0.386. The lowest BCUT2D eigenvalue weighted by Gasteiger charge is -2.08. The molecule has 0 bridgehead atoms. The van der Waals surface area contributed by atoms with E-state index in [9.17, 15) is 14.4 Å². The standard InChI is InChI=1S/C25H18O7/c1-15-5-3-4-6-19(15)25(28)32-18-11-12-20-21(13-18)30-14-22(23(20)26)31-17-9-7-16(8-10-17)24(27)29-2/h3-14H,1-2H3. The van der Waals surface area contributed by atoms with Crippen LogP contribution in [-0.4, -0.2) is 19.0 Å². The van der Waals surface area contributed by atoms with Gasteiger partial charge in [0, 0.05) is 6.07 Å². The molecule has 0 radical (unpaired) electrons. The third-order valence-corrected chi connectivity index (χ3v) is 4.79. The van der Waals surface area contributed by atoms with E-state index in [0.717, 1.165) is 5.56 Å². The maximum absolute atomic E-state index is 12.8. The first-order valence-corrected chi connectivity index (χ1v) is 9.66. The maximum Gasteiger partial charge on any atom is 0.343 e. The number of carbonyl (C=O) groups is 2. The molecule has 4 rings (SSSR count). The van der Waals surface area contributed by atoms with Crippen molar-refractivity contribution in [3.8, 4) is 17.2 Å². The molecule has 7 heteroatoms. The molecule has 160 valence electrons. The summed E-state index contributed by atoms with van der Waals surface area (Å²) in [6.45, 7) is 1.82. The summed E-state index contributed by atoms with van der Waals surface area (Å²) in [4.78, 5) is 36.7. The molecule has 0 amide bonds. The zero-order chi connectivity index (χ0) is 22.7. The van der Waals surface area contributed by atoms with E-state index in [0.29, 0.717) is 16.9 Å². The average Bonchev–Trinajstić information content (AvgIpc) is 2.81. The number of carbonyl (C=O) groups excluding carboxylic acids is 2. The minimum Gasteiger partial charge on any atom is -0.465 e. The predicted molar refractivity (Wildman–Crippen MR) is 116 cm³/mol. The molecule has 7 nitrogen and oxygen atoms in total. The Morgan fingerprint density at radius 3 is 2.31 bits per heavy atom. The zero-order valence-electron chi connectivity index (χ0n) is 17.3. The third kappa shape index (κ3) is 4.22. The molecule has 0 aliphatic carbocycles.